The van der Waals surface area contributed by atoms with E-state index in [0.717, 1.165) is 29.4 Å². The first-order valence-electron chi connectivity index (χ1n) is 9.58. The molecule has 0 spiro atoms. The zero-order valence-corrected chi connectivity index (χ0v) is 16.9. The minimum absolute atomic E-state index is 0.159. The average molecular weight is 395 g/mol. The van der Waals surface area contributed by atoms with E-state index in [-0.39, 0.29) is 5.56 Å². The van der Waals surface area contributed by atoms with Crippen LogP contribution in [0.3, 0.4) is 0 Å². The lowest BCUT2D eigenvalue weighted by atomic mass is 10.0. The molecule has 0 saturated heterocycles. The number of hydrogen-bond acceptors (Lipinski definition) is 5. The molecule has 152 valence electrons. The van der Waals surface area contributed by atoms with Crippen molar-refractivity contribution < 1.29 is 14.3 Å². The Balaban J connectivity index is 1.83. The molecule has 0 atom stereocenters. The number of benzene rings is 2. The molecule has 0 aliphatic carbocycles. The van der Waals surface area contributed by atoms with Crippen molar-refractivity contribution in [3.8, 4) is 17.0 Å². The highest BCUT2D eigenvalue weighted by atomic mass is 16.5. The van der Waals surface area contributed by atoms with Gasteiger partial charge in [-0.1, -0.05) is 37.6 Å². The van der Waals surface area contributed by atoms with E-state index in [4.69, 9.17) is 9.47 Å². The number of aryl methyl sites for hydroxylation is 1. The third-order valence-corrected chi connectivity index (χ3v) is 4.65. The number of ether oxygens (including phenoxy) is 2. The van der Waals surface area contributed by atoms with E-state index in [9.17, 15) is 9.59 Å². The van der Waals surface area contributed by atoms with Crippen molar-refractivity contribution in [1.82, 2.24) is 15.1 Å². The molecular formula is C22H25N3O4. The van der Waals surface area contributed by atoms with Gasteiger partial charge in [-0.2, -0.15) is 5.10 Å². The summed E-state index contributed by atoms with van der Waals surface area (Å²) in [5.74, 6) is 0.663. The summed E-state index contributed by atoms with van der Waals surface area (Å²) in [5.41, 5.74) is 2.34. The SMILES string of the molecule is CCCCOC(=O)NCc1ccc(-c2nn(C)c(=O)c3ccc(OC)cc23)cc1. The molecule has 3 aromatic rings. The maximum atomic E-state index is 12.4. The van der Waals surface area contributed by atoms with E-state index in [0.29, 0.717) is 30.0 Å². The fourth-order valence-corrected chi connectivity index (χ4v) is 2.98. The number of carbonyl (C=O) groups is 1. The van der Waals surface area contributed by atoms with Crippen molar-refractivity contribution in [2.24, 2.45) is 7.05 Å². The predicted octanol–water partition coefficient (Wildman–Crippen LogP) is 3.64. The van der Waals surface area contributed by atoms with Crippen LogP contribution in [0.2, 0.25) is 0 Å². The summed E-state index contributed by atoms with van der Waals surface area (Å²) in [5, 5.41) is 8.51. The maximum Gasteiger partial charge on any atom is 0.407 e. The predicted molar refractivity (Wildman–Crippen MR) is 112 cm³/mol. The third-order valence-electron chi connectivity index (χ3n) is 4.65. The highest BCUT2D eigenvalue weighted by Crippen LogP contribution is 2.28. The first-order valence-corrected chi connectivity index (χ1v) is 9.58. The lowest BCUT2D eigenvalue weighted by molar-refractivity contribution is 0.144. The third kappa shape index (κ3) is 4.74. The molecule has 1 amide bonds. The van der Waals surface area contributed by atoms with Gasteiger partial charge in [0.05, 0.1) is 24.8 Å². The molecule has 29 heavy (non-hydrogen) atoms. The van der Waals surface area contributed by atoms with Gasteiger partial charge in [0.15, 0.2) is 0 Å². The Kier molecular flexibility index (Phi) is 6.49. The number of hydrogen-bond donors (Lipinski definition) is 1. The standard InChI is InChI=1S/C22H25N3O4/c1-4-5-12-29-22(27)23-14-15-6-8-16(9-7-15)20-19-13-17(28-3)10-11-18(19)21(26)25(2)24-20/h6-11,13H,4-5,12,14H2,1-3H3,(H,23,27). The summed E-state index contributed by atoms with van der Waals surface area (Å²) >= 11 is 0. The van der Waals surface area contributed by atoms with E-state index in [2.05, 4.69) is 10.4 Å². The van der Waals surface area contributed by atoms with E-state index in [1.165, 1.54) is 4.68 Å². The van der Waals surface area contributed by atoms with E-state index >= 15 is 0 Å². The molecule has 7 heteroatoms. The van der Waals surface area contributed by atoms with Crippen LogP contribution in [0.25, 0.3) is 22.0 Å². The Bertz CT molecular complexity index is 1060. The van der Waals surface area contributed by atoms with Crippen LogP contribution >= 0.6 is 0 Å². The number of unbranched alkanes of at least 4 members (excludes halogenated alkanes) is 1. The molecule has 0 bridgehead atoms. The van der Waals surface area contributed by atoms with Crippen molar-refractivity contribution in [3.05, 3.63) is 58.4 Å². The van der Waals surface area contributed by atoms with Crippen molar-refractivity contribution >= 4 is 16.9 Å². The number of nitrogens with one attached hydrogen (secondary N) is 1. The number of amides is 1. The summed E-state index contributed by atoms with van der Waals surface area (Å²) in [7, 11) is 3.22. The second kappa shape index (κ2) is 9.23. The Hall–Kier alpha value is -3.35. The van der Waals surface area contributed by atoms with Crippen molar-refractivity contribution in [1.29, 1.82) is 0 Å². The maximum absolute atomic E-state index is 12.4. The van der Waals surface area contributed by atoms with Gasteiger partial charge in [0.25, 0.3) is 5.56 Å². The monoisotopic (exact) mass is 395 g/mol. The molecule has 1 aromatic heterocycles. The number of nitrogens with zero attached hydrogens (tertiary/aromatic N) is 2. The molecule has 2 aromatic carbocycles. The van der Waals surface area contributed by atoms with Crippen LogP contribution in [0.1, 0.15) is 25.3 Å². The fourth-order valence-electron chi connectivity index (χ4n) is 2.98. The van der Waals surface area contributed by atoms with E-state index in [1.54, 1.807) is 26.3 Å². The van der Waals surface area contributed by atoms with Gasteiger partial charge in [-0.25, -0.2) is 9.48 Å². The van der Waals surface area contributed by atoms with Crippen LogP contribution in [0.4, 0.5) is 4.79 Å². The van der Waals surface area contributed by atoms with Crippen LogP contribution in [0, 0.1) is 0 Å². The smallest absolute Gasteiger partial charge is 0.407 e. The van der Waals surface area contributed by atoms with Crippen LogP contribution in [0.15, 0.2) is 47.3 Å². The Morgan fingerprint density at radius 1 is 1.14 bits per heavy atom. The molecule has 7 nitrogen and oxygen atoms in total. The van der Waals surface area contributed by atoms with Crippen molar-refractivity contribution in [2.45, 2.75) is 26.3 Å². The van der Waals surface area contributed by atoms with Crippen LogP contribution in [0.5, 0.6) is 5.75 Å². The number of alkyl carbamates (subject to hydrolysis) is 1. The normalized spacial score (nSPS) is 10.7. The van der Waals surface area contributed by atoms with Crippen LogP contribution in [-0.2, 0) is 18.3 Å². The fraction of sp³-hybridized carbons (Fsp3) is 0.318. The lowest BCUT2D eigenvalue weighted by Gasteiger charge is -2.11. The van der Waals surface area contributed by atoms with Gasteiger partial charge in [-0.15, -0.1) is 0 Å². The molecule has 1 heterocycles. The summed E-state index contributed by atoms with van der Waals surface area (Å²) < 4.78 is 11.7. The Morgan fingerprint density at radius 2 is 1.90 bits per heavy atom. The van der Waals surface area contributed by atoms with Crippen molar-refractivity contribution in [3.63, 3.8) is 0 Å². The Morgan fingerprint density at radius 3 is 2.59 bits per heavy atom. The number of methoxy groups -OCH3 is 1. The minimum Gasteiger partial charge on any atom is -0.497 e. The first kappa shape index (κ1) is 20.4. The quantitative estimate of drug-likeness (QED) is 0.618. The molecule has 0 unspecified atom stereocenters. The summed E-state index contributed by atoms with van der Waals surface area (Å²) in [6, 6.07) is 13.0. The van der Waals surface area contributed by atoms with Gasteiger partial charge >= 0.3 is 6.09 Å². The molecule has 3 rings (SSSR count). The van der Waals surface area contributed by atoms with Gasteiger partial charge in [-0.05, 0) is 30.2 Å². The average Bonchev–Trinajstić information content (AvgIpc) is 2.75. The highest BCUT2D eigenvalue weighted by molar-refractivity contribution is 5.94. The van der Waals surface area contributed by atoms with Gasteiger partial charge in [-0.3, -0.25) is 4.79 Å². The zero-order chi connectivity index (χ0) is 20.8. The number of rotatable bonds is 7. The summed E-state index contributed by atoms with van der Waals surface area (Å²) in [4.78, 5) is 24.1. The first-order chi connectivity index (χ1) is 14.0. The van der Waals surface area contributed by atoms with Gasteiger partial charge in [0, 0.05) is 24.5 Å². The number of fused-ring (bicyclic) bond motifs is 1. The molecule has 0 radical (unpaired) electrons. The summed E-state index contributed by atoms with van der Waals surface area (Å²) in [6.45, 7) is 2.85. The Labute approximate surface area is 169 Å². The largest absolute Gasteiger partial charge is 0.497 e. The van der Waals surface area contributed by atoms with Gasteiger partial charge < -0.3 is 14.8 Å². The molecule has 0 aliphatic rings. The second-order valence-electron chi connectivity index (χ2n) is 6.73. The topological polar surface area (TPSA) is 82.5 Å². The minimum atomic E-state index is -0.416. The van der Waals surface area contributed by atoms with E-state index < -0.39 is 6.09 Å². The molecule has 0 aliphatic heterocycles. The molecular weight excluding hydrogens is 370 g/mol. The molecule has 0 saturated carbocycles. The van der Waals surface area contributed by atoms with Gasteiger partial charge in [0.1, 0.15) is 5.75 Å². The highest BCUT2D eigenvalue weighted by Gasteiger charge is 2.12. The zero-order valence-electron chi connectivity index (χ0n) is 16.9. The molecule has 0 fully saturated rings. The second-order valence-corrected chi connectivity index (χ2v) is 6.73. The summed E-state index contributed by atoms with van der Waals surface area (Å²) in [6.07, 6.45) is 1.42. The van der Waals surface area contributed by atoms with E-state index in [1.807, 2.05) is 37.3 Å². The van der Waals surface area contributed by atoms with Gasteiger partial charge in [0.2, 0.25) is 0 Å². The lowest BCUT2D eigenvalue weighted by Crippen LogP contribution is -2.24. The van der Waals surface area contributed by atoms with Crippen molar-refractivity contribution in [2.75, 3.05) is 13.7 Å². The van der Waals surface area contributed by atoms with Crippen LogP contribution < -0.4 is 15.6 Å². The molecule has 1 N–H and O–H groups in total. The number of aromatic nitrogens is 2. The van der Waals surface area contributed by atoms with Crippen LogP contribution in [-0.4, -0.2) is 29.6 Å². The number of carbonyl (C=O) groups excluding carboxylic acids is 1.